The number of nitrogens with two attached hydrogens (primary N) is 1. The van der Waals surface area contributed by atoms with Crippen molar-refractivity contribution >= 4 is 11.6 Å². The van der Waals surface area contributed by atoms with Gasteiger partial charge in [-0.3, -0.25) is 0 Å². The minimum atomic E-state index is 0.531. The standard InChI is InChI=1S/C3H6ClN/c4-2-1-3-5/h1-2H,3,5H2/b2-1+. The molecule has 0 fully saturated rings. The average Bonchev–Trinajstić information content (AvgIpc) is 1.41. The lowest BCUT2D eigenvalue weighted by molar-refractivity contribution is 1.26. The van der Waals surface area contributed by atoms with E-state index >= 15 is 0 Å². The second kappa shape index (κ2) is 3.99. The molecule has 0 aliphatic heterocycles. The van der Waals surface area contributed by atoms with E-state index in [1.165, 1.54) is 5.54 Å². The van der Waals surface area contributed by atoms with E-state index in [4.69, 9.17) is 17.3 Å². The molecule has 0 rings (SSSR count). The van der Waals surface area contributed by atoms with Crippen molar-refractivity contribution in [1.29, 1.82) is 0 Å². The fourth-order valence-corrected chi connectivity index (χ4v) is 0.154. The van der Waals surface area contributed by atoms with Gasteiger partial charge in [-0.15, -0.1) is 0 Å². The van der Waals surface area contributed by atoms with Crippen LogP contribution in [0, 0.1) is 0 Å². The first-order valence-electron chi connectivity index (χ1n) is 1.37. The van der Waals surface area contributed by atoms with E-state index < -0.39 is 0 Å². The van der Waals surface area contributed by atoms with Crippen LogP contribution in [0.3, 0.4) is 0 Å². The Hall–Kier alpha value is -0.0100. The van der Waals surface area contributed by atoms with Crippen LogP contribution in [0.5, 0.6) is 0 Å². The van der Waals surface area contributed by atoms with Crippen molar-refractivity contribution in [3.63, 3.8) is 0 Å². The van der Waals surface area contributed by atoms with Crippen molar-refractivity contribution < 1.29 is 0 Å². The average molecular weight is 91.5 g/mol. The van der Waals surface area contributed by atoms with Crippen LogP contribution in [0.2, 0.25) is 0 Å². The summed E-state index contributed by atoms with van der Waals surface area (Å²) in [6, 6.07) is 0. The van der Waals surface area contributed by atoms with Crippen molar-refractivity contribution in [2.45, 2.75) is 0 Å². The van der Waals surface area contributed by atoms with Gasteiger partial charge in [-0.25, -0.2) is 0 Å². The molecule has 1 nitrogen and oxygen atoms in total. The number of hydrogen-bond donors (Lipinski definition) is 1. The molecule has 0 bridgehead atoms. The van der Waals surface area contributed by atoms with Gasteiger partial charge in [0.15, 0.2) is 0 Å². The van der Waals surface area contributed by atoms with Crippen LogP contribution >= 0.6 is 11.6 Å². The Morgan fingerprint density at radius 1 is 1.80 bits per heavy atom. The lowest BCUT2D eigenvalue weighted by Gasteiger charge is -1.65. The van der Waals surface area contributed by atoms with E-state index in [1.807, 2.05) is 0 Å². The zero-order valence-corrected chi connectivity index (χ0v) is 3.57. The minimum absolute atomic E-state index is 0.531. The van der Waals surface area contributed by atoms with Gasteiger partial charge in [-0.2, -0.15) is 0 Å². The molecule has 0 unspecified atom stereocenters. The summed E-state index contributed by atoms with van der Waals surface area (Å²) in [4.78, 5) is 0. The van der Waals surface area contributed by atoms with Gasteiger partial charge in [-0.1, -0.05) is 17.7 Å². The Kier molecular flexibility index (Phi) is 3.98. The van der Waals surface area contributed by atoms with E-state index in [9.17, 15) is 0 Å². The molecule has 0 aromatic heterocycles. The molecule has 0 atom stereocenters. The molecule has 0 radical (unpaired) electrons. The van der Waals surface area contributed by atoms with E-state index in [1.54, 1.807) is 6.08 Å². The molecule has 0 aromatic rings. The molecule has 0 aromatic carbocycles. The maximum absolute atomic E-state index is 5.04. The molecule has 0 spiro atoms. The van der Waals surface area contributed by atoms with Crippen molar-refractivity contribution in [3.8, 4) is 0 Å². The Bertz CT molecular complexity index is 33.9. The summed E-state index contributed by atoms with van der Waals surface area (Å²) >= 11 is 5.04. The van der Waals surface area contributed by atoms with Crippen molar-refractivity contribution in [2.75, 3.05) is 6.54 Å². The number of hydrogen-bond acceptors (Lipinski definition) is 1. The summed E-state index contributed by atoms with van der Waals surface area (Å²) in [6.07, 6.45) is 1.67. The number of rotatable bonds is 1. The van der Waals surface area contributed by atoms with E-state index in [-0.39, 0.29) is 0 Å². The zero-order chi connectivity index (χ0) is 4.12. The quantitative estimate of drug-likeness (QED) is 0.505. The fraction of sp³-hybridized carbons (Fsp3) is 0.333. The van der Waals surface area contributed by atoms with Crippen LogP contribution in [0.4, 0.5) is 0 Å². The Labute approximate surface area is 36.4 Å². The van der Waals surface area contributed by atoms with Crippen LogP contribution in [-0.2, 0) is 0 Å². The van der Waals surface area contributed by atoms with Crippen LogP contribution in [0.15, 0.2) is 11.6 Å². The molecule has 30 valence electrons. The molecule has 5 heavy (non-hydrogen) atoms. The second-order valence-corrected chi connectivity index (χ2v) is 0.849. The molecular formula is C3H6ClN. The monoisotopic (exact) mass is 91.0 g/mol. The lowest BCUT2D eigenvalue weighted by atomic mass is 10.7. The van der Waals surface area contributed by atoms with Crippen molar-refractivity contribution in [3.05, 3.63) is 11.6 Å². The Morgan fingerprint density at radius 3 is 2.40 bits per heavy atom. The van der Waals surface area contributed by atoms with Gasteiger partial charge in [0.05, 0.1) is 0 Å². The first kappa shape index (κ1) is 4.99. The van der Waals surface area contributed by atoms with Crippen LogP contribution < -0.4 is 5.73 Å². The summed E-state index contributed by atoms with van der Waals surface area (Å²) < 4.78 is 0. The zero-order valence-electron chi connectivity index (χ0n) is 2.82. The Morgan fingerprint density at radius 2 is 2.40 bits per heavy atom. The van der Waals surface area contributed by atoms with Gasteiger partial charge < -0.3 is 5.73 Å². The van der Waals surface area contributed by atoms with Crippen molar-refractivity contribution in [1.82, 2.24) is 0 Å². The molecule has 0 saturated carbocycles. The maximum Gasteiger partial charge on any atom is 0.0118 e. The first-order valence-corrected chi connectivity index (χ1v) is 1.80. The summed E-state index contributed by atoms with van der Waals surface area (Å²) in [5.74, 6) is 0. The van der Waals surface area contributed by atoms with Gasteiger partial charge in [0.1, 0.15) is 0 Å². The first-order chi connectivity index (χ1) is 2.41. The molecule has 0 amide bonds. The summed E-state index contributed by atoms with van der Waals surface area (Å²) in [5, 5.41) is 0. The number of halogens is 1. The Balaban J connectivity index is 2.62. The molecule has 0 saturated heterocycles. The fourth-order valence-electron chi connectivity index (χ4n) is 0.0514. The van der Waals surface area contributed by atoms with Gasteiger partial charge in [0.2, 0.25) is 0 Å². The minimum Gasteiger partial charge on any atom is -0.327 e. The molecule has 2 heteroatoms. The summed E-state index contributed by atoms with van der Waals surface area (Å²) in [6.45, 7) is 0.531. The maximum atomic E-state index is 5.04. The second-order valence-electron chi connectivity index (χ2n) is 0.597. The highest BCUT2D eigenvalue weighted by molar-refractivity contribution is 6.25. The normalized spacial score (nSPS) is 10.0. The summed E-state index contributed by atoms with van der Waals surface area (Å²) in [7, 11) is 0. The topological polar surface area (TPSA) is 26.0 Å². The third kappa shape index (κ3) is 3.99. The molecule has 2 N–H and O–H groups in total. The van der Waals surface area contributed by atoms with Crippen LogP contribution in [0.25, 0.3) is 0 Å². The predicted molar refractivity (Wildman–Crippen MR) is 24.0 cm³/mol. The van der Waals surface area contributed by atoms with Gasteiger partial charge in [-0.05, 0) is 0 Å². The summed E-state index contributed by atoms with van der Waals surface area (Å²) in [5.41, 5.74) is 6.37. The predicted octanol–water partition coefficient (Wildman–Crippen LogP) is 0.698. The van der Waals surface area contributed by atoms with Crippen LogP contribution in [0.1, 0.15) is 0 Å². The third-order valence-corrected chi connectivity index (χ3v) is 0.403. The smallest absolute Gasteiger partial charge is 0.0118 e. The van der Waals surface area contributed by atoms with Gasteiger partial charge >= 0.3 is 0 Å². The largest absolute Gasteiger partial charge is 0.327 e. The highest BCUT2D eigenvalue weighted by atomic mass is 35.5. The van der Waals surface area contributed by atoms with Gasteiger partial charge in [0.25, 0.3) is 0 Å². The van der Waals surface area contributed by atoms with E-state index in [2.05, 4.69) is 0 Å². The van der Waals surface area contributed by atoms with E-state index in [0.29, 0.717) is 6.54 Å². The molecule has 0 aliphatic carbocycles. The van der Waals surface area contributed by atoms with Crippen LogP contribution in [-0.4, -0.2) is 6.54 Å². The lowest BCUT2D eigenvalue weighted by Crippen LogP contribution is -1.90. The molecule has 0 heterocycles. The highest BCUT2D eigenvalue weighted by Gasteiger charge is 1.53. The molecule has 0 aliphatic rings. The van der Waals surface area contributed by atoms with Gasteiger partial charge in [0, 0.05) is 12.1 Å². The molecular weight excluding hydrogens is 85.5 g/mol. The van der Waals surface area contributed by atoms with Crippen molar-refractivity contribution in [2.24, 2.45) is 5.73 Å². The third-order valence-electron chi connectivity index (χ3n) is 0.225. The highest BCUT2D eigenvalue weighted by Crippen LogP contribution is 1.70. The van der Waals surface area contributed by atoms with E-state index in [0.717, 1.165) is 0 Å². The SMILES string of the molecule is NC/C=C/Cl.